The largest absolute Gasteiger partial charge is 0.345 e. The number of nitrogens with one attached hydrogen (secondary N) is 1. The molecule has 3 N–H and O–H groups in total. The summed E-state index contributed by atoms with van der Waals surface area (Å²) in [6.07, 6.45) is 2.48. The first-order valence-electron chi connectivity index (χ1n) is 7.47. The van der Waals surface area contributed by atoms with Crippen molar-refractivity contribution in [2.75, 3.05) is 6.54 Å². The first-order chi connectivity index (χ1) is 10.4. The van der Waals surface area contributed by atoms with Crippen molar-refractivity contribution in [1.82, 2.24) is 10.3 Å². The van der Waals surface area contributed by atoms with Gasteiger partial charge in [0.25, 0.3) is 5.91 Å². The van der Waals surface area contributed by atoms with Crippen LogP contribution in [0.4, 0.5) is 0 Å². The predicted molar refractivity (Wildman–Crippen MR) is 106 cm³/mol. The minimum Gasteiger partial charge on any atom is -0.345 e. The van der Waals surface area contributed by atoms with Crippen LogP contribution in [0.25, 0.3) is 10.6 Å². The lowest BCUT2D eigenvalue weighted by Crippen LogP contribution is -2.52. The van der Waals surface area contributed by atoms with Gasteiger partial charge < -0.3 is 11.1 Å². The molecule has 1 amide bonds. The second-order valence-electron chi connectivity index (χ2n) is 6.21. The number of amides is 1. The van der Waals surface area contributed by atoms with Gasteiger partial charge in [-0.15, -0.1) is 36.2 Å². The second kappa shape index (κ2) is 9.99. The molecule has 0 aliphatic rings. The number of hydrogen-bond acceptors (Lipinski definition) is 4. The Morgan fingerprint density at radius 3 is 2.46 bits per heavy atom. The van der Waals surface area contributed by atoms with Crippen LogP contribution in [0.1, 0.15) is 36.9 Å². The fraction of sp³-hybridized carbons (Fsp3) is 0.412. The molecule has 24 heavy (non-hydrogen) atoms. The number of carbonyl (C=O) groups is 1. The minimum atomic E-state index is -0.387. The summed E-state index contributed by atoms with van der Waals surface area (Å²) in [5.41, 5.74) is 6.49. The number of halogens is 2. The molecule has 0 aliphatic heterocycles. The van der Waals surface area contributed by atoms with Gasteiger partial charge in [0, 0.05) is 12.1 Å². The Morgan fingerprint density at radius 2 is 1.92 bits per heavy atom. The maximum Gasteiger partial charge on any atom is 0.263 e. The lowest BCUT2D eigenvalue weighted by molar-refractivity contribution is 0.0902. The summed E-state index contributed by atoms with van der Waals surface area (Å²) in [4.78, 5) is 17.4. The average molecular weight is 390 g/mol. The van der Waals surface area contributed by atoms with Crippen molar-refractivity contribution in [2.45, 2.75) is 32.7 Å². The Morgan fingerprint density at radius 1 is 1.29 bits per heavy atom. The van der Waals surface area contributed by atoms with Crippen LogP contribution in [0.2, 0.25) is 0 Å². The Balaban J connectivity index is 0.00000264. The first kappa shape index (κ1) is 22.9. The third-order valence-electron chi connectivity index (χ3n) is 3.47. The van der Waals surface area contributed by atoms with E-state index in [0.29, 0.717) is 17.3 Å². The molecule has 0 saturated carbocycles. The van der Waals surface area contributed by atoms with Crippen molar-refractivity contribution >= 4 is 42.1 Å². The van der Waals surface area contributed by atoms with Crippen LogP contribution in [0.3, 0.4) is 0 Å². The van der Waals surface area contributed by atoms with Gasteiger partial charge in [-0.3, -0.25) is 4.79 Å². The number of thiazole rings is 1. The van der Waals surface area contributed by atoms with E-state index in [1.807, 2.05) is 37.3 Å². The molecule has 2 aromatic rings. The third-order valence-corrected chi connectivity index (χ3v) is 4.52. The lowest BCUT2D eigenvalue weighted by Gasteiger charge is -2.30. The number of benzene rings is 1. The predicted octanol–water partition coefficient (Wildman–Crippen LogP) is 4.15. The molecular weight excluding hydrogens is 365 g/mol. The topological polar surface area (TPSA) is 68.0 Å². The van der Waals surface area contributed by atoms with Crippen LogP contribution >= 0.6 is 36.2 Å². The van der Waals surface area contributed by atoms with Crippen LogP contribution < -0.4 is 11.1 Å². The zero-order valence-corrected chi connectivity index (χ0v) is 16.6. The maximum atomic E-state index is 12.4. The van der Waals surface area contributed by atoms with Gasteiger partial charge in [0.15, 0.2) is 0 Å². The van der Waals surface area contributed by atoms with E-state index in [0.717, 1.165) is 17.0 Å². The molecule has 134 valence electrons. The Hall–Kier alpha value is -1.14. The van der Waals surface area contributed by atoms with E-state index >= 15 is 0 Å². The molecule has 0 saturated heterocycles. The molecule has 0 fully saturated rings. The maximum absolute atomic E-state index is 12.4. The quantitative estimate of drug-likeness (QED) is 0.779. The lowest BCUT2D eigenvalue weighted by atomic mass is 9.90. The number of carbonyl (C=O) groups excluding carboxylic acids is 1. The highest BCUT2D eigenvalue weighted by molar-refractivity contribution is 7.16. The minimum absolute atomic E-state index is 0. The molecular formula is C17H25Cl2N3OS. The van der Waals surface area contributed by atoms with Crippen molar-refractivity contribution < 1.29 is 4.79 Å². The van der Waals surface area contributed by atoms with Gasteiger partial charge >= 0.3 is 0 Å². The average Bonchev–Trinajstić information content (AvgIpc) is 2.97. The van der Waals surface area contributed by atoms with Gasteiger partial charge in [0.05, 0.1) is 11.7 Å². The van der Waals surface area contributed by atoms with Crippen LogP contribution in [0, 0.1) is 5.92 Å². The number of nitrogens with zero attached hydrogens (tertiary/aromatic N) is 1. The SMILES string of the molecule is CC(C)CC(C)(CN)NC(=O)c1cnc(-c2ccccc2)s1.Cl.Cl. The van der Waals surface area contributed by atoms with Crippen molar-refractivity contribution in [3.63, 3.8) is 0 Å². The van der Waals surface area contributed by atoms with Crippen molar-refractivity contribution in [3.05, 3.63) is 41.4 Å². The highest BCUT2D eigenvalue weighted by Crippen LogP contribution is 2.25. The molecule has 1 heterocycles. The summed E-state index contributed by atoms with van der Waals surface area (Å²) >= 11 is 1.40. The van der Waals surface area contributed by atoms with Gasteiger partial charge in [0.2, 0.25) is 0 Å². The molecule has 1 unspecified atom stereocenters. The standard InChI is InChI=1S/C17H23N3OS.2ClH/c1-12(2)9-17(3,11-18)20-15(21)14-10-19-16(22-14)13-7-5-4-6-8-13;;/h4-8,10,12H,9,11,18H2,1-3H3,(H,20,21);2*1H. The van der Waals surface area contributed by atoms with Crippen LogP contribution in [0.15, 0.2) is 36.5 Å². The molecule has 4 nitrogen and oxygen atoms in total. The highest BCUT2D eigenvalue weighted by Gasteiger charge is 2.27. The summed E-state index contributed by atoms with van der Waals surface area (Å²) in [5, 5.41) is 3.91. The molecule has 0 radical (unpaired) electrons. The van der Waals surface area contributed by atoms with Crippen molar-refractivity contribution in [2.24, 2.45) is 11.7 Å². The van der Waals surface area contributed by atoms with E-state index in [-0.39, 0.29) is 36.3 Å². The van der Waals surface area contributed by atoms with Crippen LogP contribution in [0.5, 0.6) is 0 Å². The molecule has 0 spiro atoms. The summed E-state index contributed by atoms with van der Waals surface area (Å²) in [6.45, 7) is 6.66. The second-order valence-corrected chi connectivity index (χ2v) is 7.24. The molecule has 1 aromatic carbocycles. The number of hydrogen-bond donors (Lipinski definition) is 2. The van der Waals surface area contributed by atoms with E-state index in [4.69, 9.17) is 5.73 Å². The molecule has 0 aliphatic carbocycles. The fourth-order valence-corrected chi connectivity index (χ4v) is 3.33. The van der Waals surface area contributed by atoms with Crippen molar-refractivity contribution in [3.8, 4) is 10.6 Å². The zero-order chi connectivity index (χ0) is 16.2. The Bertz CT molecular complexity index is 634. The summed E-state index contributed by atoms with van der Waals surface area (Å²) in [6, 6.07) is 9.87. The molecule has 0 bridgehead atoms. The van der Waals surface area contributed by atoms with E-state index in [9.17, 15) is 4.79 Å². The Labute approximate surface area is 160 Å². The van der Waals surface area contributed by atoms with Gasteiger partial charge in [-0.1, -0.05) is 44.2 Å². The highest BCUT2D eigenvalue weighted by atomic mass is 35.5. The van der Waals surface area contributed by atoms with Crippen LogP contribution in [-0.2, 0) is 0 Å². The Kier molecular flexibility index (Phi) is 9.51. The fourth-order valence-electron chi connectivity index (χ4n) is 2.52. The molecule has 2 rings (SSSR count). The summed E-state index contributed by atoms with van der Waals surface area (Å²) in [7, 11) is 0. The van der Waals surface area contributed by atoms with Gasteiger partial charge in [-0.2, -0.15) is 0 Å². The summed E-state index contributed by atoms with van der Waals surface area (Å²) in [5.74, 6) is 0.364. The summed E-state index contributed by atoms with van der Waals surface area (Å²) < 4.78 is 0. The first-order valence-corrected chi connectivity index (χ1v) is 8.29. The van der Waals surface area contributed by atoms with Gasteiger partial charge in [-0.05, 0) is 19.3 Å². The van der Waals surface area contributed by atoms with E-state index < -0.39 is 0 Å². The number of aromatic nitrogens is 1. The van der Waals surface area contributed by atoms with Gasteiger partial charge in [0.1, 0.15) is 9.88 Å². The zero-order valence-electron chi connectivity index (χ0n) is 14.1. The van der Waals surface area contributed by atoms with E-state index in [1.165, 1.54) is 11.3 Å². The van der Waals surface area contributed by atoms with Gasteiger partial charge in [-0.25, -0.2) is 4.98 Å². The third kappa shape index (κ3) is 6.06. The smallest absolute Gasteiger partial charge is 0.263 e. The van der Waals surface area contributed by atoms with Crippen LogP contribution in [-0.4, -0.2) is 23.0 Å². The number of nitrogens with two attached hydrogens (primary N) is 1. The molecule has 7 heteroatoms. The van der Waals surface area contributed by atoms with E-state index in [1.54, 1.807) is 6.20 Å². The van der Waals surface area contributed by atoms with Crippen molar-refractivity contribution in [1.29, 1.82) is 0 Å². The van der Waals surface area contributed by atoms with E-state index in [2.05, 4.69) is 24.1 Å². The normalized spacial score (nSPS) is 12.7. The number of rotatable bonds is 6. The monoisotopic (exact) mass is 389 g/mol. The molecule has 1 atom stereocenters. The molecule has 1 aromatic heterocycles.